The molecule has 1 aliphatic rings. The fourth-order valence-corrected chi connectivity index (χ4v) is 2.84. The smallest absolute Gasteiger partial charge is 0.260 e. The molecule has 110 valence electrons. The van der Waals surface area contributed by atoms with E-state index in [1.54, 1.807) is 6.92 Å². The van der Waals surface area contributed by atoms with Crippen LogP contribution >= 0.6 is 15.9 Å². The Labute approximate surface area is 128 Å². The van der Waals surface area contributed by atoms with Crippen molar-refractivity contribution in [1.29, 1.82) is 0 Å². The first-order chi connectivity index (χ1) is 9.60. The highest BCUT2D eigenvalue weighted by atomic mass is 79.9. The quantitative estimate of drug-likeness (QED) is 0.866. The zero-order chi connectivity index (χ0) is 14.5. The average molecular weight is 341 g/mol. The number of halogens is 1. The van der Waals surface area contributed by atoms with Crippen molar-refractivity contribution >= 4 is 21.8 Å². The van der Waals surface area contributed by atoms with E-state index in [4.69, 9.17) is 10.5 Å². The van der Waals surface area contributed by atoms with E-state index in [0.717, 1.165) is 22.9 Å². The summed E-state index contributed by atoms with van der Waals surface area (Å²) in [5.41, 5.74) is 6.62. The topological polar surface area (TPSA) is 64.3 Å². The van der Waals surface area contributed by atoms with Gasteiger partial charge in [-0.25, -0.2) is 0 Å². The van der Waals surface area contributed by atoms with Gasteiger partial charge in [0, 0.05) is 17.1 Å². The van der Waals surface area contributed by atoms with Gasteiger partial charge in [0.15, 0.2) is 6.10 Å². The summed E-state index contributed by atoms with van der Waals surface area (Å²) in [6.07, 6.45) is 4.06. The lowest BCUT2D eigenvalue weighted by Gasteiger charge is -2.18. The number of benzene rings is 1. The minimum Gasteiger partial charge on any atom is -0.481 e. The number of rotatable bonds is 5. The van der Waals surface area contributed by atoms with E-state index in [0.29, 0.717) is 18.3 Å². The molecule has 5 heteroatoms. The number of hydrogen-bond donors (Lipinski definition) is 2. The fourth-order valence-electron chi connectivity index (χ4n) is 2.43. The Bertz CT molecular complexity index is 473. The van der Waals surface area contributed by atoms with Crippen LogP contribution in [0.3, 0.4) is 0 Å². The fraction of sp³-hybridized carbons (Fsp3) is 0.533. The van der Waals surface area contributed by atoms with Crippen molar-refractivity contribution in [3.8, 4) is 5.75 Å². The first-order valence-electron chi connectivity index (χ1n) is 7.05. The second kappa shape index (κ2) is 7.09. The van der Waals surface area contributed by atoms with E-state index in [9.17, 15) is 4.79 Å². The molecule has 0 heterocycles. The number of amides is 1. The second-order valence-corrected chi connectivity index (χ2v) is 6.06. The summed E-state index contributed by atoms with van der Waals surface area (Å²) in [6.45, 7) is 2.20. The largest absolute Gasteiger partial charge is 0.481 e. The second-order valence-electron chi connectivity index (χ2n) is 5.21. The number of nitrogens with one attached hydrogen (secondary N) is 1. The molecule has 0 aliphatic heterocycles. The Kier molecular flexibility index (Phi) is 5.43. The standard InChI is InChI=1S/C15H21BrN2O2/c1-10(15(19)18-12-4-2-3-5-12)20-13-6-7-14(16)11(8-13)9-17/h6-8,10,12H,2-5,9,17H2,1H3,(H,18,19). The predicted molar refractivity (Wildman–Crippen MR) is 82.5 cm³/mol. The van der Waals surface area contributed by atoms with Crippen LogP contribution in [-0.2, 0) is 11.3 Å². The summed E-state index contributed by atoms with van der Waals surface area (Å²) in [5.74, 6) is 0.622. The van der Waals surface area contributed by atoms with Crippen LogP contribution in [0.5, 0.6) is 5.75 Å². The molecule has 1 saturated carbocycles. The van der Waals surface area contributed by atoms with E-state index in [-0.39, 0.29) is 5.91 Å². The average Bonchev–Trinajstić information content (AvgIpc) is 2.93. The maximum Gasteiger partial charge on any atom is 0.260 e. The number of nitrogens with two attached hydrogens (primary N) is 1. The molecule has 0 radical (unpaired) electrons. The van der Waals surface area contributed by atoms with Crippen molar-refractivity contribution in [3.63, 3.8) is 0 Å². The van der Waals surface area contributed by atoms with E-state index in [1.807, 2.05) is 18.2 Å². The monoisotopic (exact) mass is 340 g/mol. The number of carbonyl (C=O) groups is 1. The maximum atomic E-state index is 12.1. The van der Waals surface area contributed by atoms with Crippen LogP contribution in [0.2, 0.25) is 0 Å². The Morgan fingerprint density at radius 2 is 2.20 bits per heavy atom. The van der Waals surface area contributed by atoms with Gasteiger partial charge in [0.1, 0.15) is 5.75 Å². The number of hydrogen-bond acceptors (Lipinski definition) is 3. The molecule has 4 nitrogen and oxygen atoms in total. The third kappa shape index (κ3) is 3.96. The summed E-state index contributed by atoms with van der Waals surface area (Å²) in [5, 5.41) is 3.04. The molecule has 0 saturated heterocycles. The van der Waals surface area contributed by atoms with Crippen molar-refractivity contribution in [2.45, 2.75) is 51.3 Å². The van der Waals surface area contributed by atoms with Crippen LogP contribution in [0.15, 0.2) is 22.7 Å². The van der Waals surface area contributed by atoms with Crippen LogP contribution in [0.25, 0.3) is 0 Å². The highest BCUT2D eigenvalue weighted by molar-refractivity contribution is 9.10. The molecule has 0 spiro atoms. The van der Waals surface area contributed by atoms with Crippen LogP contribution < -0.4 is 15.8 Å². The molecule has 1 fully saturated rings. The van der Waals surface area contributed by atoms with Gasteiger partial charge in [-0.1, -0.05) is 28.8 Å². The van der Waals surface area contributed by atoms with Crippen molar-refractivity contribution in [2.75, 3.05) is 0 Å². The lowest BCUT2D eigenvalue weighted by molar-refractivity contribution is -0.127. The van der Waals surface area contributed by atoms with E-state index in [1.165, 1.54) is 12.8 Å². The van der Waals surface area contributed by atoms with E-state index >= 15 is 0 Å². The molecule has 0 bridgehead atoms. The zero-order valence-corrected chi connectivity index (χ0v) is 13.3. The van der Waals surface area contributed by atoms with Gasteiger partial charge in [-0.15, -0.1) is 0 Å². The van der Waals surface area contributed by atoms with Crippen LogP contribution in [-0.4, -0.2) is 18.1 Å². The molecule has 1 unspecified atom stereocenters. The SMILES string of the molecule is CC(Oc1ccc(Br)c(CN)c1)C(=O)NC1CCCC1. The summed E-state index contributed by atoms with van der Waals surface area (Å²) in [4.78, 5) is 12.1. The molecule has 1 aromatic carbocycles. The number of carbonyl (C=O) groups excluding carboxylic acids is 1. The lowest BCUT2D eigenvalue weighted by Crippen LogP contribution is -2.41. The first-order valence-corrected chi connectivity index (χ1v) is 7.85. The van der Waals surface area contributed by atoms with Gasteiger partial charge in [-0.05, 0) is 43.5 Å². The molecule has 3 N–H and O–H groups in total. The third-order valence-corrected chi connectivity index (χ3v) is 4.39. The van der Waals surface area contributed by atoms with Gasteiger partial charge in [0.2, 0.25) is 0 Å². The van der Waals surface area contributed by atoms with Crippen LogP contribution in [0.1, 0.15) is 38.2 Å². The molecule has 1 amide bonds. The molecule has 1 atom stereocenters. The normalized spacial score (nSPS) is 16.9. The third-order valence-electron chi connectivity index (χ3n) is 3.62. The molecule has 20 heavy (non-hydrogen) atoms. The van der Waals surface area contributed by atoms with Crippen LogP contribution in [0, 0.1) is 0 Å². The summed E-state index contributed by atoms with van der Waals surface area (Å²) in [6, 6.07) is 5.91. The molecule has 1 aromatic rings. The van der Waals surface area contributed by atoms with Gasteiger partial charge < -0.3 is 15.8 Å². The van der Waals surface area contributed by atoms with Gasteiger partial charge >= 0.3 is 0 Å². The van der Waals surface area contributed by atoms with E-state index in [2.05, 4.69) is 21.2 Å². The molecular weight excluding hydrogens is 320 g/mol. The zero-order valence-electron chi connectivity index (χ0n) is 11.7. The molecule has 1 aliphatic carbocycles. The van der Waals surface area contributed by atoms with Crippen molar-refractivity contribution in [1.82, 2.24) is 5.32 Å². The Balaban J connectivity index is 1.92. The van der Waals surface area contributed by atoms with E-state index < -0.39 is 6.10 Å². The highest BCUT2D eigenvalue weighted by Crippen LogP contribution is 2.23. The highest BCUT2D eigenvalue weighted by Gasteiger charge is 2.21. The van der Waals surface area contributed by atoms with Crippen molar-refractivity contribution in [3.05, 3.63) is 28.2 Å². The predicted octanol–water partition coefficient (Wildman–Crippen LogP) is 2.73. The van der Waals surface area contributed by atoms with Gasteiger partial charge in [0.05, 0.1) is 0 Å². The van der Waals surface area contributed by atoms with Gasteiger partial charge in [-0.2, -0.15) is 0 Å². The minimum atomic E-state index is -0.498. The Hall–Kier alpha value is -1.07. The van der Waals surface area contributed by atoms with Gasteiger partial charge in [-0.3, -0.25) is 4.79 Å². The first kappa shape index (κ1) is 15.3. The maximum absolute atomic E-state index is 12.1. The van der Waals surface area contributed by atoms with Gasteiger partial charge in [0.25, 0.3) is 5.91 Å². The summed E-state index contributed by atoms with van der Waals surface area (Å²) in [7, 11) is 0. The Morgan fingerprint density at radius 3 is 2.85 bits per heavy atom. The molecule has 2 rings (SSSR count). The van der Waals surface area contributed by atoms with Crippen molar-refractivity contribution in [2.24, 2.45) is 5.73 Å². The number of ether oxygens (including phenoxy) is 1. The molecule has 0 aromatic heterocycles. The lowest BCUT2D eigenvalue weighted by atomic mass is 10.2. The van der Waals surface area contributed by atoms with Crippen molar-refractivity contribution < 1.29 is 9.53 Å². The summed E-state index contributed by atoms with van der Waals surface area (Å²) < 4.78 is 6.65. The van der Waals surface area contributed by atoms with Crippen LogP contribution in [0.4, 0.5) is 0 Å². The Morgan fingerprint density at radius 1 is 1.50 bits per heavy atom. The molecular formula is C15H21BrN2O2. The summed E-state index contributed by atoms with van der Waals surface area (Å²) >= 11 is 3.43. The minimum absolute atomic E-state index is 0.0471.